The molecule has 1 atom stereocenters. The second-order valence-corrected chi connectivity index (χ2v) is 13.1. The Kier molecular flexibility index (Phi) is 8.41. The fourth-order valence-electron chi connectivity index (χ4n) is 7.07. The maximum atomic E-state index is 13.2. The third-order valence-electron chi connectivity index (χ3n) is 9.69. The zero-order valence-electron chi connectivity index (χ0n) is 25.7. The molecule has 1 saturated heterocycles. The second-order valence-electron chi connectivity index (χ2n) is 13.1. The van der Waals surface area contributed by atoms with E-state index in [4.69, 9.17) is 4.98 Å². The lowest BCUT2D eigenvalue weighted by Gasteiger charge is -2.42. The molecule has 3 heterocycles. The van der Waals surface area contributed by atoms with Crippen molar-refractivity contribution in [2.45, 2.75) is 83.5 Å². The second kappa shape index (κ2) is 12.2. The molecule has 9 heteroatoms. The number of rotatable bonds is 8. The molecule has 2 saturated carbocycles. The summed E-state index contributed by atoms with van der Waals surface area (Å²) in [6.45, 7) is 12.2. The van der Waals surface area contributed by atoms with E-state index in [1.54, 1.807) is 11.9 Å². The molecule has 42 heavy (non-hydrogen) atoms. The van der Waals surface area contributed by atoms with E-state index in [-0.39, 0.29) is 29.9 Å². The zero-order valence-corrected chi connectivity index (χ0v) is 25.7. The van der Waals surface area contributed by atoms with Crippen molar-refractivity contribution in [2.24, 2.45) is 5.92 Å². The van der Waals surface area contributed by atoms with Gasteiger partial charge in [0.25, 0.3) is 5.91 Å². The van der Waals surface area contributed by atoms with E-state index in [2.05, 4.69) is 39.2 Å². The number of hydrogen-bond acceptors (Lipinski definition) is 7. The number of pyridine rings is 1. The smallest absolute Gasteiger partial charge is 0.251 e. The molecule has 3 fully saturated rings. The summed E-state index contributed by atoms with van der Waals surface area (Å²) in [5.41, 5.74) is 2.26. The van der Waals surface area contributed by atoms with Gasteiger partial charge in [-0.15, -0.1) is 0 Å². The van der Waals surface area contributed by atoms with Gasteiger partial charge < -0.3 is 25.3 Å². The van der Waals surface area contributed by atoms with Crippen molar-refractivity contribution in [3.63, 3.8) is 0 Å². The molecule has 6 rings (SSSR count). The van der Waals surface area contributed by atoms with Crippen LogP contribution in [0.2, 0.25) is 0 Å². The molecule has 0 spiro atoms. The summed E-state index contributed by atoms with van der Waals surface area (Å²) >= 11 is 0. The molecule has 0 unspecified atom stereocenters. The minimum Gasteiger partial charge on any atom is -0.349 e. The van der Waals surface area contributed by atoms with Crippen molar-refractivity contribution in [1.29, 1.82) is 0 Å². The lowest BCUT2D eigenvalue weighted by Crippen LogP contribution is -2.53. The Hall–Kier alpha value is -3.17. The van der Waals surface area contributed by atoms with Gasteiger partial charge in [0.1, 0.15) is 11.9 Å². The quantitative estimate of drug-likeness (QED) is 0.482. The number of piperazine rings is 1. The number of anilines is 4. The number of nitrogens with one attached hydrogen (secondary N) is 2. The van der Waals surface area contributed by atoms with Gasteiger partial charge in [-0.05, 0) is 95.5 Å². The fourth-order valence-corrected chi connectivity index (χ4v) is 7.07. The first-order valence-electron chi connectivity index (χ1n) is 16.0. The van der Waals surface area contributed by atoms with E-state index < -0.39 is 0 Å². The Morgan fingerprint density at radius 1 is 1.00 bits per heavy atom. The molecule has 2 aliphatic carbocycles. The van der Waals surface area contributed by atoms with Crippen LogP contribution in [0.5, 0.6) is 0 Å². The summed E-state index contributed by atoms with van der Waals surface area (Å²) in [6.07, 6.45) is 7.26. The summed E-state index contributed by atoms with van der Waals surface area (Å²) in [4.78, 5) is 40.0. The van der Waals surface area contributed by atoms with E-state index in [1.165, 1.54) is 45.6 Å². The average Bonchev–Trinajstić information content (AvgIpc) is 3.81. The van der Waals surface area contributed by atoms with Crippen molar-refractivity contribution in [2.75, 3.05) is 54.9 Å². The first-order valence-corrected chi connectivity index (χ1v) is 16.0. The maximum absolute atomic E-state index is 13.2. The SMILES string of the molecule is CC(C)N1c2nc(Nc3cccc(C(=O)N[C@H]4CC[C@H](N5CCN(CC6CC6)CC5)CC4)c3)ccc2N(C)C(=O)[C@H]1C. The van der Waals surface area contributed by atoms with Gasteiger partial charge in [-0.3, -0.25) is 14.5 Å². The summed E-state index contributed by atoms with van der Waals surface area (Å²) in [5, 5.41) is 6.69. The average molecular weight is 574 g/mol. The van der Waals surface area contributed by atoms with Crippen molar-refractivity contribution < 1.29 is 9.59 Å². The Labute approximate surface area is 250 Å². The number of carbonyl (C=O) groups excluding carboxylic acids is 2. The molecule has 2 N–H and O–H groups in total. The topological polar surface area (TPSA) is 84.1 Å². The Balaban J connectivity index is 1.03. The normalized spacial score (nSPS) is 25.5. The highest BCUT2D eigenvalue weighted by molar-refractivity contribution is 6.04. The number of aromatic nitrogens is 1. The Bertz CT molecular complexity index is 1280. The van der Waals surface area contributed by atoms with Gasteiger partial charge in [-0.1, -0.05) is 6.07 Å². The Morgan fingerprint density at radius 3 is 2.43 bits per heavy atom. The van der Waals surface area contributed by atoms with Crippen LogP contribution in [0.25, 0.3) is 0 Å². The first kappa shape index (κ1) is 28.9. The highest BCUT2D eigenvalue weighted by Gasteiger charge is 2.36. The van der Waals surface area contributed by atoms with Crippen molar-refractivity contribution in [3.05, 3.63) is 42.0 Å². The number of nitrogens with zero attached hydrogens (tertiary/aromatic N) is 5. The van der Waals surface area contributed by atoms with Gasteiger partial charge in [0.2, 0.25) is 5.91 Å². The van der Waals surface area contributed by atoms with E-state index in [9.17, 15) is 9.59 Å². The fraction of sp³-hybridized carbons (Fsp3) is 0.606. The summed E-state index contributed by atoms with van der Waals surface area (Å²) in [7, 11) is 1.80. The first-order chi connectivity index (χ1) is 20.3. The highest BCUT2D eigenvalue weighted by atomic mass is 16.2. The summed E-state index contributed by atoms with van der Waals surface area (Å²) in [5.74, 6) is 2.48. The van der Waals surface area contributed by atoms with E-state index in [0.717, 1.165) is 48.8 Å². The number of amides is 2. The predicted octanol–water partition coefficient (Wildman–Crippen LogP) is 4.47. The van der Waals surface area contributed by atoms with Crippen LogP contribution in [0, 0.1) is 5.92 Å². The van der Waals surface area contributed by atoms with E-state index in [0.29, 0.717) is 17.4 Å². The van der Waals surface area contributed by atoms with E-state index >= 15 is 0 Å². The number of likely N-dealkylation sites (N-methyl/N-ethyl adjacent to an activating group) is 1. The summed E-state index contributed by atoms with van der Waals surface area (Å²) < 4.78 is 0. The molecule has 226 valence electrons. The molecule has 1 aromatic heterocycles. The lowest BCUT2D eigenvalue weighted by atomic mass is 9.89. The maximum Gasteiger partial charge on any atom is 0.251 e. The van der Waals surface area contributed by atoms with Crippen LogP contribution in [-0.2, 0) is 4.79 Å². The highest BCUT2D eigenvalue weighted by Crippen LogP contribution is 2.36. The van der Waals surface area contributed by atoms with Crippen LogP contribution in [0.3, 0.4) is 0 Å². The van der Waals surface area contributed by atoms with Crippen LogP contribution < -0.4 is 20.4 Å². The van der Waals surface area contributed by atoms with Crippen LogP contribution in [0.4, 0.5) is 23.0 Å². The number of benzene rings is 1. The molecule has 2 aliphatic heterocycles. The van der Waals surface area contributed by atoms with Crippen molar-refractivity contribution >= 4 is 34.8 Å². The largest absolute Gasteiger partial charge is 0.349 e. The molecule has 2 amide bonds. The zero-order chi connectivity index (χ0) is 29.4. The molecule has 4 aliphatic rings. The molecule has 0 bridgehead atoms. The molecule has 2 aromatic rings. The minimum absolute atomic E-state index is 0.0193. The number of hydrogen-bond donors (Lipinski definition) is 2. The summed E-state index contributed by atoms with van der Waals surface area (Å²) in [6, 6.07) is 12.2. The van der Waals surface area contributed by atoms with Crippen LogP contribution in [0.1, 0.15) is 69.7 Å². The molecular formula is C33H47N7O2. The van der Waals surface area contributed by atoms with Crippen molar-refractivity contribution in [1.82, 2.24) is 20.1 Å². The van der Waals surface area contributed by atoms with Crippen LogP contribution >= 0.6 is 0 Å². The van der Waals surface area contributed by atoms with Gasteiger partial charge in [0.15, 0.2) is 5.82 Å². The van der Waals surface area contributed by atoms with Gasteiger partial charge in [-0.2, -0.15) is 0 Å². The molecule has 1 aromatic carbocycles. The van der Waals surface area contributed by atoms with E-state index in [1.807, 2.05) is 43.3 Å². The minimum atomic E-state index is -0.283. The number of fused-ring (bicyclic) bond motifs is 1. The van der Waals surface area contributed by atoms with Crippen LogP contribution in [-0.4, -0.2) is 90.5 Å². The lowest BCUT2D eigenvalue weighted by molar-refractivity contribution is -0.119. The van der Waals surface area contributed by atoms with Gasteiger partial charge in [0.05, 0.1) is 5.69 Å². The predicted molar refractivity (Wildman–Crippen MR) is 169 cm³/mol. The van der Waals surface area contributed by atoms with Gasteiger partial charge in [-0.25, -0.2) is 4.98 Å². The van der Waals surface area contributed by atoms with Gasteiger partial charge >= 0.3 is 0 Å². The number of carbonyl (C=O) groups is 2. The van der Waals surface area contributed by atoms with Gasteiger partial charge in [0, 0.05) is 69.1 Å². The van der Waals surface area contributed by atoms with Crippen LogP contribution in [0.15, 0.2) is 36.4 Å². The third-order valence-corrected chi connectivity index (χ3v) is 9.69. The monoisotopic (exact) mass is 573 g/mol. The van der Waals surface area contributed by atoms with Crippen molar-refractivity contribution in [3.8, 4) is 0 Å². The standard InChI is InChI=1S/C33H47N7O2/c1-22(2)40-23(3)33(42)37(4)29-14-15-30(36-31(29)40)34-27-7-5-6-25(20-27)32(41)35-26-10-12-28(13-11-26)39-18-16-38(17-19-39)21-24-8-9-24/h5-7,14-15,20,22-24,26,28H,8-13,16-19,21H2,1-4H3,(H,34,36)(H,35,41)/t23-,26-,28-/m1/s1. The molecular weight excluding hydrogens is 526 g/mol. The third kappa shape index (κ3) is 6.27. The Morgan fingerprint density at radius 2 is 1.74 bits per heavy atom. The molecule has 9 nitrogen and oxygen atoms in total. The molecule has 0 radical (unpaired) electrons.